The van der Waals surface area contributed by atoms with Gasteiger partial charge in [-0.05, 0) is 20.9 Å². The molecule has 112 valence electrons. The highest BCUT2D eigenvalue weighted by molar-refractivity contribution is 6.31. The van der Waals surface area contributed by atoms with E-state index >= 15 is 0 Å². The molecule has 1 aromatic rings. The third-order valence-electron chi connectivity index (χ3n) is 3.70. The molecule has 1 amide bonds. The summed E-state index contributed by atoms with van der Waals surface area (Å²) < 4.78 is 15.1. The molecule has 2 atom stereocenters. The molecule has 1 fully saturated rings. The number of likely N-dealkylation sites (tertiary alicyclic amines) is 1. The van der Waals surface area contributed by atoms with Crippen LogP contribution in [0.3, 0.4) is 0 Å². The summed E-state index contributed by atoms with van der Waals surface area (Å²) in [4.78, 5) is 13.9. The predicted octanol–water partition coefficient (Wildman–Crippen LogP) is 1.31. The Labute approximate surface area is 123 Å². The molecule has 1 aliphatic rings. The van der Waals surface area contributed by atoms with E-state index in [-0.39, 0.29) is 25.0 Å². The second-order valence-corrected chi connectivity index (χ2v) is 5.61. The van der Waals surface area contributed by atoms with Gasteiger partial charge in [0.05, 0.1) is 23.0 Å². The van der Waals surface area contributed by atoms with E-state index < -0.39 is 6.17 Å². The summed E-state index contributed by atoms with van der Waals surface area (Å²) in [6, 6.07) is -0.0880. The number of carbonyl (C=O) groups is 1. The second-order valence-electron chi connectivity index (χ2n) is 5.23. The first kappa shape index (κ1) is 15.3. The van der Waals surface area contributed by atoms with Crippen LogP contribution in [0.1, 0.15) is 17.8 Å². The Kier molecular flexibility index (Phi) is 4.65. The van der Waals surface area contributed by atoms with Crippen molar-refractivity contribution in [3.05, 3.63) is 16.4 Å². The lowest BCUT2D eigenvalue weighted by molar-refractivity contribution is -0.133. The molecule has 2 heterocycles. The third kappa shape index (κ3) is 2.96. The van der Waals surface area contributed by atoms with E-state index in [1.54, 1.807) is 23.6 Å². The van der Waals surface area contributed by atoms with Crippen LogP contribution in [0.2, 0.25) is 5.02 Å². The molecule has 7 heteroatoms. The highest BCUT2D eigenvalue weighted by atomic mass is 35.5. The average Bonchev–Trinajstić information content (AvgIpc) is 2.87. The number of alkyl halides is 1. The number of carbonyl (C=O) groups excluding carboxylic acids is 1. The molecule has 0 radical (unpaired) electrons. The van der Waals surface area contributed by atoms with Gasteiger partial charge in [0, 0.05) is 19.0 Å². The van der Waals surface area contributed by atoms with Gasteiger partial charge in [-0.3, -0.25) is 9.48 Å². The lowest BCUT2D eigenvalue weighted by Crippen LogP contribution is -2.42. The van der Waals surface area contributed by atoms with Crippen LogP contribution >= 0.6 is 11.6 Å². The highest BCUT2D eigenvalue weighted by Gasteiger charge is 2.35. The van der Waals surface area contributed by atoms with Crippen LogP contribution in [0.4, 0.5) is 4.39 Å². The van der Waals surface area contributed by atoms with Gasteiger partial charge in [0.1, 0.15) is 12.7 Å². The fourth-order valence-corrected chi connectivity index (χ4v) is 2.78. The first-order chi connectivity index (χ1) is 9.43. The summed E-state index contributed by atoms with van der Waals surface area (Å²) in [6.45, 7) is 4.49. The first-order valence-electron chi connectivity index (χ1n) is 6.71. The number of halogens is 2. The van der Waals surface area contributed by atoms with Gasteiger partial charge in [0.25, 0.3) is 0 Å². The van der Waals surface area contributed by atoms with Crippen molar-refractivity contribution in [2.45, 2.75) is 39.0 Å². The fraction of sp³-hybridized carbons (Fsp3) is 0.692. The van der Waals surface area contributed by atoms with Gasteiger partial charge >= 0.3 is 0 Å². The van der Waals surface area contributed by atoms with Crippen LogP contribution in [0, 0.1) is 13.8 Å². The maximum atomic E-state index is 13.5. The van der Waals surface area contributed by atoms with Crippen LogP contribution in [0.5, 0.6) is 0 Å². The quantitative estimate of drug-likeness (QED) is 0.912. The van der Waals surface area contributed by atoms with E-state index in [2.05, 4.69) is 10.4 Å². The first-order valence-corrected chi connectivity index (χ1v) is 7.09. The van der Waals surface area contributed by atoms with Crippen LogP contribution in [-0.2, 0) is 11.3 Å². The molecule has 0 aromatic carbocycles. The van der Waals surface area contributed by atoms with Gasteiger partial charge < -0.3 is 10.2 Å². The zero-order valence-corrected chi connectivity index (χ0v) is 12.7. The summed E-state index contributed by atoms with van der Waals surface area (Å²) >= 11 is 6.06. The van der Waals surface area contributed by atoms with Gasteiger partial charge in [-0.15, -0.1) is 0 Å². The van der Waals surface area contributed by atoms with E-state index in [1.807, 2.05) is 6.92 Å². The third-order valence-corrected chi connectivity index (χ3v) is 4.25. The Morgan fingerprint density at radius 2 is 2.25 bits per heavy atom. The number of nitrogens with zero attached hydrogens (tertiary/aromatic N) is 3. The summed E-state index contributed by atoms with van der Waals surface area (Å²) in [5, 5.41) is 7.82. The van der Waals surface area contributed by atoms with Crippen molar-refractivity contribution in [3.8, 4) is 0 Å². The number of likely N-dealkylation sites (N-methyl/N-ethyl adjacent to an activating group) is 1. The van der Waals surface area contributed by atoms with E-state index in [9.17, 15) is 9.18 Å². The molecule has 0 aliphatic carbocycles. The largest absolute Gasteiger partial charge is 0.334 e. The summed E-state index contributed by atoms with van der Waals surface area (Å²) in [5.74, 6) is -0.118. The number of aryl methyl sites for hydroxylation is 1. The maximum absolute atomic E-state index is 13.5. The van der Waals surface area contributed by atoms with Gasteiger partial charge in [-0.25, -0.2) is 4.39 Å². The minimum Gasteiger partial charge on any atom is -0.334 e. The van der Waals surface area contributed by atoms with Crippen molar-refractivity contribution in [2.24, 2.45) is 0 Å². The van der Waals surface area contributed by atoms with E-state index in [1.165, 1.54) is 0 Å². The molecule has 0 saturated carbocycles. The van der Waals surface area contributed by atoms with Crippen molar-refractivity contribution < 1.29 is 9.18 Å². The molecule has 1 aromatic heterocycles. The number of hydrogen-bond acceptors (Lipinski definition) is 3. The van der Waals surface area contributed by atoms with Crippen molar-refractivity contribution >= 4 is 17.5 Å². The van der Waals surface area contributed by atoms with Crippen molar-refractivity contribution in [1.29, 1.82) is 0 Å². The number of rotatable bonds is 4. The lowest BCUT2D eigenvalue weighted by Gasteiger charge is -2.24. The van der Waals surface area contributed by atoms with Gasteiger partial charge in [-0.2, -0.15) is 5.10 Å². The molecule has 0 spiro atoms. The maximum Gasteiger partial charge on any atom is 0.244 e. The smallest absolute Gasteiger partial charge is 0.244 e. The Hall–Kier alpha value is -1.14. The number of nitrogens with one attached hydrogen (secondary N) is 1. The lowest BCUT2D eigenvalue weighted by atomic mass is 10.2. The summed E-state index contributed by atoms with van der Waals surface area (Å²) in [5.41, 5.74) is 1.47. The topological polar surface area (TPSA) is 50.2 Å². The van der Waals surface area contributed by atoms with Crippen molar-refractivity contribution in [2.75, 3.05) is 20.1 Å². The molecule has 0 bridgehead atoms. The number of amides is 1. The molecular formula is C13H20ClFN4O. The fourth-order valence-electron chi connectivity index (χ4n) is 2.64. The molecule has 20 heavy (non-hydrogen) atoms. The van der Waals surface area contributed by atoms with Crippen LogP contribution in [0.25, 0.3) is 0 Å². The monoisotopic (exact) mass is 302 g/mol. The molecule has 0 unspecified atom stereocenters. The standard InChI is InChI=1S/C13H20ClFN4O/c1-8-13(14)9(2)19(17-8)7-12(20)18-6-10(15)4-11(18)5-16-3/h10-11,16H,4-7H2,1-3H3/t10-,11-/m0/s1. The summed E-state index contributed by atoms with van der Waals surface area (Å²) in [6.07, 6.45) is -0.550. The van der Waals surface area contributed by atoms with Gasteiger partial charge in [0.15, 0.2) is 0 Å². The SMILES string of the molecule is CNC[C@@H]1C[C@H](F)CN1C(=O)Cn1nc(C)c(Cl)c1C. The normalized spacial score (nSPS) is 22.6. The molecule has 1 N–H and O–H groups in total. The Bertz CT molecular complexity index is 505. The van der Waals surface area contributed by atoms with Crippen molar-refractivity contribution in [3.63, 3.8) is 0 Å². The minimum atomic E-state index is -0.943. The van der Waals surface area contributed by atoms with Crippen LogP contribution in [0.15, 0.2) is 0 Å². The number of hydrogen-bond donors (Lipinski definition) is 1. The van der Waals surface area contributed by atoms with Crippen LogP contribution in [-0.4, -0.2) is 52.9 Å². The Morgan fingerprint density at radius 3 is 2.80 bits per heavy atom. The Balaban J connectivity index is 2.09. The zero-order chi connectivity index (χ0) is 14.9. The van der Waals surface area contributed by atoms with Gasteiger partial charge in [-0.1, -0.05) is 11.6 Å². The van der Waals surface area contributed by atoms with E-state index in [4.69, 9.17) is 11.6 Å². The van der Waals surface area contributed by atoms with E-state index in [0.29, 0.717) is 23.7 Å². The molecule has 2 rings (SSSR count). The predicted molar refractivity (Wildman–Crippen MR) is 75.7 cm³/mol. The van der Waals surface area contributed by atoms with E-state index in [0.717, 1.165) is 5.69 Å². The molecule has 1 aliphatic heterocycles. The Morgan fingerprint density at radius 1 is 1.55 bits per heavy atom. The summed E-state index contributed by atoms with van der Waals surface area (Å²) in [7, 11) is 1.80. The highest BCUT2D eigenvalue weighted by Crippen LogP contribution is 2.22. The van der Waals surface area contributed by atoms with Gasteiger partial charge in [0.2, 0.25) is 5.91 Å². The van der Waals surface area contributed by atoms with Crippen molar-refractivity contribution in [1.82, 2.24) is 20.0 Å². The number of aromatic nitrogens is 2. The average molecular weight is 303 g/mol. The second kappa shape index (κ2) is 6.10. The molecule has 5 nitrogen and oxygen atoms in total. The zero-order valence-electron chi connectivity index (χ0n) is 12.0. The molecular weight excluding hydrogens is 283 g/mol. The van der Waals surface area contributed by atoms with Crippen LogP contribution < -0.4 is 5.32 Å². The minimum absolute atomic E-state index is 0.0880. The molecule has 1 saturated heterocycles.